The number of carboxylic acid groups (broad SMARTS) is 1. The third-order valence-corrected chi connectivity index (χ3v) is 9.82. The first-order chi connectivity index (χ1) is 13.7. The molecule has 1 rings (SSSR count). The smallest absolute Gasteiger partial charge is 0.327 e. The van der Waals surface area contributed by atoms with E-state index >= 15 is 0 Å². The second-order valence-electron chi connectivity index (χ2n) is 8.83. The molecule has 0 saturated carbocycles. The largest absolute Gasteiger partial charge is 0.480 e. The summed E-state index contributed by atoms with van der Waals surface area (Å²) >= 11 is 0. The number of hydrogen-bond acceptors (Lipinski definition) is 3. The Bertz CT molecular complexity index is 853. The van der Waals surface area contributed by atoms with Crippen LogP contribution in [0.15, 0.2) is 24.3 Å². The first-order valence-electron chi connectivity index (χ1n) is 9.78. The molecule has 0 radical (unpaired) electrons. The minimum absolute atomic E-state index is 0.0260. The lowest BCUT2D eigenvalue weighted by molar-refractivity contribution is -0.142. The van der Waals surface area contributed by atoms with Crippen LogP contribution in [0.3, 0.4) is 0 Å². The summed E-state index contributed by atoms with van der Waals surface area (Å²) in [5, 5.41) is 14.4. The Hall–Kier alpha value is -2.66. The van der Waals surface area contributed by atoms with E-state index in [2.05, 4.69) is 56.0 Å². The van der Waals surface area contributed by atoms with E-state index in [1.54, 1.807) is 6.07 Å². The molecule has 0 aromatic heterocycles. The number of benzene rings is 1. The summed E-state index contributed by atoms with van der Waals surface area (Å²) in [5.74, 6) is 0.0255. The highest BCUT2D eigenvalue weighted by Crippen LogP contribution is 2.35. The summed E-state index contributed by atoms with van der Waals surface area (Å²) in [5.41, 5.74) is 3.47. The van der Waals surface area contributed by atoms with E-state index in [4.69, 9.17) is 0 Å². The van der Waals surface area contributed by atoms with Gasteiger partial charge in [0.25, 0.3) is 0 Å². The van der Waals surface area contributed by atoms with E-state index in [9.17, 15) is 23.9 Å². The minimum Gasteiger partial charge on any atom is -0.480 e. The van der Waals surface area contributed by atoms with Gasteiger partial charge in [0, 0.05) is 19.8 Å². The molecule has 3 N–H and O–H groups in total. The maximum Gasteiger partial charge on any atom is 0.327 e. The lowest BCUT2D eigenvalue weighted by Crippen LogP contribution is -2.52. The van der Waals surface area contributed by atoms with Gasteiger partial charge in [-0.05, 0) is 16.7 Å². The number of nitrogens with one attached hydrogen (secondary N) is 2. The molecule has 2 atom stereocenters. The number of aliphatic carboxylic acids is 1. The number of amides is 2. The zero-order valence-electron chi connectivity index (χ0n) is 18.4. The van der Waals surface area contributed by atoms with Crippen LogP contribution >= 0.6 is 0 Å². The van der Waals surface area contributed by atoms with Gasteiger partial charge in [-0.1, -0.05) is 52.1 Å². The van der Waals surface area contributed by atoms with Gasteiger partial charge in [0.1, 0.15) is 26.0 Å². The molecule has 0 spiro atoms. The van der Waals surface area contributed by atoms with Gasteiger partial charge in [0.15, 0.2) is 0 Å². The van der Waals surface area contributed by atoms with Crippen LogP contribution in [-0.4, -0.2) is 43.0 Å². The fourth-order valence-corrected chi connectivity index (χ4v) is 3.29. The summed E-state index contributed by atoms with van der Waals surface area (Å²) in [6.45, 7) is 11.8. The number of hydrogen-bond donors (Lipinski definition) is 3. The normalized spacial score (nSPS) is 13.4. The predicted molar refractivity (Wildman–Crippen MR) is 117 cm³/mol. The second kappa shape index (κ2) is 10.4. The fourth-order valence-electron chi connectivity index (χ4n) is 2.37. The quantitative estimate of drug-likeness (QED) is 0.454. The number of carbonyl (C=O) groups is 3. The molecule has 0 unspecified atom stereocenters. The van der Waals surface area contributed by atoms with Crippen molar-refractivity contribution in [3.8, 4) is 11.5 Å². The lowest BCUT2D eigenvalue weighted by atomic mass is 10.0. The highest BCUT2D eigenvalue weighted by molar-refractivity contribution is 6.87. The first-order valence-corrected chi connectivity index (χ1v) is 12.8. The molecule has 0 fully saturated rings. The Labute approximate surface area is 178 Å². The Morgan fingerprint density at radius 3 is 2.23 bits per heavy atom. The second-order valence-corrected chi connectivity index (χ2v) is 13.8. The van der Waals surface area contributed by atoms with Gasteiger partial charge >= 0.3 is 5.97 Å². The average molecular weight is 435 g/mol. The maximum absolute atomic E-state index is 14.0. The summed E-state index contributed by atoms with van der Waals surface area (Å²) in [6, 6.07) is 3.58. The van der Waals surface area contributed by atoms with E-state index in [1.165, 1.54) is 25.1 Å². The van der Waals surface area contributed by atoms with Crippen molar-refractivity contribution in [3.63, 3.8) is 0 Å². The van der Waals surface area contributed by atoms with Crippen LogP contribution in [0.4, 0.5) is 4.39 Å². The summed E-state index contributed by atoms with van der Waals surface area (Å²) in [7, 11) is -1.91. The zero-order valence-corrected chi connectivity index (χ0v) is 19.4. The molecular weight excluding hydrogens is 403 g/mol. The van der Waals surface area contributed by atoms with Crippen molar-refractivity contribution in [1.29, 1.82) is 0 Å². The van der Waals surface area contributed by atoms with E-state index < -0.39 is 43.8 Å². The molecule has 30 heavy (non-hydrogen) atoms. The molecule has 1 aromatic rings. The zero-order chi connectivity index (χ0) is 23.1. The van der Waals surface area contributed by atoms with E-state index in [0.29, 0.717) is 0 Å². The average Bonchev–Trinajstić information content (AvgIpc) is 2.60. The molecule has 1 aromatic carbocycles. The van der Waals surface area contributed by atoms with Gasteiger partial charge in [-0.15, -0.1) is 11.5 Å². The summed E-state index contributed by atoms with van der Waals surface area (Å²) in [6.07, 6.45) is -0.153. The SMILES string of the molecule is CC(=O)N[C@@H](Cc1ccccc1F)C(=O)N[C@H](CC#C[Si](C)(C)C(C)(C)C)C(=O)O. The number of halogens is 1. The molecule has 0 saturated heterocycles. The molecule has 0 heterocycles. The van der Waals surface area contributed by atoms with Crippen LogP contribution < -0.4 is 10.6 Å². The molecule has 0 aliphatic heterocycles. The van der Waals surface area contributed by atoms with Crippen molar-refractivity contribution in [1.82, 2.24) is 10.6 Å². The molecule has 8 heteroatoms. The first kappa shape index (κ1) is 25.4. The van der Waals surface area contributed by atoms with E-state index in [-0.39, 0.29) is 23.4 Å². The molecule has 0 aliphatic carbocycles. The maximum atomic E-state index is 14.0. The monoisotopic (exact) mass is 434 g/mol. The van der Waals surface area contributed by atoms with Crippen LogP contribution in [0.5, 0.6) is 0 Å². The standard InChI is InChI=1S/C22H31FN2O4Si/c1-15(26)24-19(14-16-10-7-8-11-17(16)23)20(27)25-18(21(28)29)12-9-13-30(5,6)22(2,3)4/h7-8,10-11,18-19H,12,14H2,1-6H3,(H,24,26)(H,25,27)(H,28,29)/t18-,19+/m1/s1. The van der Waals surface area contributed by atoms with Crippen molar-refractivity contribution in [2.24, 2.45) is 0 Å². The molecule has 0 bridgehead atoms. The third kappa shape index (κ3) is 7.63. The van der Waals surface area contributed by atoms with Crippen molar-refractivity contribution in [2.45, 2.75) is 70.8 Å². The van der Waals surface area contributed by atoms with Crippen LogP contribution in [-0.2, 0) is 20.8 Å². The van der Waals surface area contributed by atoms with Gasteiger partial charge < -0.3 is 15.7 Å². The number of carbonyl (C=O) groups excluding carboxylic acids is 2. The fraction of sp³-hybridized carbons (Fsp3) is 0.500. The third-order valence-electron chi connectivity index (χ3n) is 5.27. The Morgan fingerprint density at radius 1 is 1.13 bits per heavy atom. The van der Waals surface area contributed by atoms with Gasteiger partial charge in [0.05, 0.1) is 0 Å². The summed E-state index contributed by atoms with van der Waals surface area (Å²) < 4.78 is 14.0. The van der Waals surface area contributed by atoms with Gasteiger partial charge in [-0.2, -0.15) is 0 Å². The van der Waals surface area contributed by atoms with Crippen LogP contribution in [0.2, 0.25) is 18.1 Å². The molecule has 6 nitrogen and oxygen atoms in total. The van der Waals surface area contributed by atoms with E-state index in [0.717, 1.165) is 0 Å². The highest BCUT2D eigenvalue weighted by Gasteiger charge is 2.34. The highest BCUT2D eigenvalue weighted by atomic mass is 28.3. The van der Waals surface area contributed by atoms with Gasteiger partial charge in [-0.3, -0.25) is 9.59 Å². The van der Waals surface area contributed by atoms with Crippen molar-refractivity contribution >= 4 is 25.9 Å². The lowest BCUT2D eigenvalue weighted by Gasteiger charge is -2.31. The Balaban J connectivity index is 2.96. The Kier molecular flexibility index (Phi) is 8.79. The van der Waals surface area contributed by atoms with Crippen molar-refractivity contribution in [3.05, 3.63) is 35.6 Å². The molecule has 2 amide bonds. The van der Waals surface area contributed by atoms with Crippen molar-refractivity contribution in [2.75, 3.05) is 0 Å². The van der Waals surface area contributed by atoms with Gasteiger partial charge in [-0.25, -0.2) is 9.18 Å². The molecule has 164 valence electrons. The van der Waals surface area contributed by atoms with Crippen molar-refractivity contribution < 1.29 is 23.9 Å². The van der Waals surface area contributed by atoms with E-state index in [1.807, 2.05) is 0 Å². The minimum atomic E-state index is -1.91. The topological polar surface area (TPSA) is 95.5 Å². The number of rotatable bonds is 7. The number of carboxylic acids is 1. The Morgan fingerprint density at radius 2 is 1.73 bits per heavy atom. The van der Waals surface area contributed by atoms with Gasteiger partial charge in [0.2, 0.25) is 11.8 Å². The molecule has 0 aliphatic rings. The van der Waals surface area contributed by atoms with Crippen LogP contribution in [0.25, 0.3) is 0 Å². The summed E-state index contributed by atoms with van der Waals surface area (Å²) in [4.78, 5) is 35.8. The van der Waals surface area contributed by atoms with Crippen LogP contribution in [0, 0.1) is 17.3 Å². The predicted octanol–water partition coefficient (Wildman–Crippen LogP) is 2.88. The molecular formula is C22H31FN2O4Si. The van der Waals surface area contributed by atoms with Crippen LogP contribution in [0.1, 0.15) is 39.7 Å².